The highest BCUT2D eigenvalue weighted by Gasteiger charge is 2.16. The second-order valence-corrected chi connectivity index (χ2v) is 4.40. The molecule has 0 atom stereocenters. The van der Waals surface area contributed by atoms with E-state index in [0.717, 1.165) is 5.56 Å². The maximum absolute atomic E-state index is 12.2. The molecule has 0 saturated carbocycles. The molecule has 0 unspecified atom stereocenters. The minimum atomic E-state index is -1.06. The first-order valence-corrected chi connectivity index (χ1v) is 10.4. The molecule has 2 aromatic rings. The van der Waals surface area contributed by atoms with Gasteiger partial charge in [0.2, 0.25) is 0 Å². The highest BCUT2D eigenvalue weighted by atomic mass is 79.9. The molecule has 2 aromatic carbocycles. The molecule has 0 bridgehead atoms. The Kier molecular flexibility index (Phi) is 18.3. The average molecular weight is 436 g/mol. The first kappa shape index (κ1) is 26.8. The van der Waals surface area contributed by atoms with Crippen molar-refractivity contribution in [2.45, 2.75) is 27.7 Å². The van der Waals surface area contributed by atoms with Crippen molar-refractivity contribution in [1.82, 2.24) is 0 Å². The van der Waals surface area contributed by atoms with Gasteiger partial charge in [0.15, 0.2) is 0 Å². The Morgan fingerprint density at radius 2 is 1.33 bits per heavy atom. The summed E-state index contributed by atoms with van der Waals surface area (Å²) in [7, 11) is 0. The lowest BCUT2D eigenvalue weighted by Gasteiger charge is -2.18. The topological polar surface area (TPSA) is 57.6 Å². The van der Waals surface area contributed by atoms with Crippen LogP contribution in [-0.2, 0) is 9.59 Å². The van der Waals surface area contributed by atoms with Crippen LogP contribution in [0.15, 0.2) is 66.7 Å². The summed E-state index contributed by atoms with van der Waals surface area (Å²) in [6.45, 7) is 7.63. The largest absolute Gasteiger partial charge is 0.480 e. The van der Waals surface area contributed by atoms with Crippen LogP contribution in [0.2, 0.25) is 0 Å². The highest BCUT2D eigenvalue weighted by molar-refractivity contribution is 9.08. The van der Waals surface area contributed by atoms with Crippen molar-refractivity contribution in [1.29, 1.82) is 0 Å². The molecule has 5 heteroatoms. The number of carbonyl (C=O) groups excluding carboxylic acids is 1. The van der Waals surface area contributed by atoms with Gasteiger partial charge < -0.3 is 5.11 Å². The van der Waals surface area contributed by atoms with Gasteiger partial charge in [-0.2, -0.15) is 0 Å². The summed E-state index contributed by atoms with van der Waals surface area (Å²) >= 11 is 2.94. The maximum atomic E-state index is 12.2. The number of nitrogens with zero attached hydrogens (tertiary/aromatic N) is 1. The van der Waals surface area contributed by atoms with Crippen LogP contribution in [0.25, 0.3) is 6.08 Å². The fourth-order valence-corrected chi connectivity index (χ4v) is 1.86. The molecular weight excluding hydrogens is 406 g/mol. The molecule has 4 nitrogen and oxygen atoms in total. The first-order chi connectivity index (χ1) is 13.2. The zero-order chi connectivity index (χ0) is 21.1. The van der Waals surface area contributed by atoms with Crippen LogP contribution in [0.4, 0.5) is 5.69 Å². The second kappa shape index (κ2) is 18.4. The summed E-state index contributed by atoms with van der Waals surface area (Å²) in [5.74, 6) is 0.389. The molecule has 0 aliphatic carbocycles. The van der Waals surface area contributed by atoms with E-state index in [1.54, 1.807) is 30.3 Å². The van der Waals surface area contributed by atoms with E-state index in [1.165, 1.54) is 11.0 Å². The number of carboxylic acid groups (broad SMARTS) is 1. The van der Waals surface area contributed by atoms with Gasteiger partial charge in [0.05, 0.1) is 0 Å². The predicted octanol–water partition coefficient (Wildman–Crippen LogP) is 5.88. The molecule has 0 aliphatic heterocycles. The van der Waals surface area contributed by atoms with Crippen LogP contribution in [0.3, 0.4) is 0 Å². The molecule has 1 N–H and O–H groups in total. The molecule has 0 heterocycles. The molecule has 2 rings (SSSR count). The molecule has 0 spiro atoms. The number of benzene rings is 2. The summed E-state index contributed by atoms with van der Waals surface area (Å²) in [5, 5.41) is 8.96. The van der Waals surface area contributed by atoms with E-state index < -0.39 is 5.97 Å². The monoisotopic (exact) mass is 435 g/mol. The summed E-state index contributed by atoms with van der Waals surface area (Å²) in [4.78, 5) is 24.4. The number of carboxylic acids is 1. The van der Waals surface area contributed by atoms with Crippen LogP contribution < -0.4 is 4.90 Å². The van der Waals surface area contributed by atoms with Crippen molar-refractivity contribution in [3.63, 3.8) is 0 Å². The molecule has 0 saturated heterocycles. The SMILES string of the molecule is CBr.CC.CC.O=C(O)CN(C(=O)/C=C/c1ccccc1)c1ccccc1. The smallest absolute Gasteiger partial charge is 0.323 e. The lowest BCUT2D eigenvalue weighted by molar-refractivity contribution is -0.136. The normalized spacial score (nSPS) is 8.81. The summed E-state index contributed by atoms with van der Waals surface area (Å²) in [6.07, 6.45) is 3.05. The molecular formula is C22H30BrNO3. The highest BCUT2D eigenvalue weighted by Crippen LogP contribution is 2.14. The molecule has 1 amide bonds. The fourth-order valence-electron chi connectivity index (χ4n) is 1.86. The number of rotatable bonds is 5. The van der Waals surface area contributed by atoms with E-state index in [-0.39, 0.29) is 12.5 Å². The van der Waals surface area contributed by atoms with Gasteiger partial charge in [-0.3, -0.25) is 14.5 Å². The third-order valence-corrected chi connectivity index (χ3v) is 2.85. The number of anilines is 1. The zero-order valence-electron chi connectivity index (χ0n) is 16.7. The number of halogens is 1. The molecule has 0 radical (unpaired) electrons. The van der Waals surface area contributed by atoms with Crippen molar-refractivity contribution in [2.24, 2.45) is 0 Å². The average Bonchev–Trinajstić information content (AvgIpc) is 2.76. The standard InChI is InChI=1S/C17H15NO3.2C2H6.CH3Br/c19-16(12-11-14-7-3-1-4-8-14)18(13-17(20)21)15-9-5-2-6-10-15;3*1-2/h1-12H,13H2,(H,20,21);2*1-2H3;1H3/b12-11+;;;. The minimum Gasteiger partial charge on any atom is -0.480 e. The van der Waals surface area contributed by atoms with Crippen molar-refractivity contribution in [2.75, 3.05) is 17.3 Å². The molecule has 27 heavy (non-hydrogen) atoms. The van der Waals surface area contributed by atoms with E-state index in [2.05, 4.69) is 15.9 Å². The van der Waals surface area contributed by atoms with Crippen LogP contribution >= 0.6 is 15.9 Å². The van der Waals surface area contributed by atoms with Crippen LogP contribution in [0.5, 0.6) is 0 Å². The lowest BCUT2D eigenvalue weighted by atomic mass is 10.2. The Labute approximate surface area is 171 Å². The molecule has 0 fully saturated rings. The van der Waals surface area contributed by atoms with Gasteiger partial charge in [-0.25, -0.2) is 0 Å². The van der Waals surface area contributed by atoms with Gasteiger partial charge >= 0.3 is 5.97 Å². The van der Waals surface area contributed by atoms with E-state index in [9.17, 15) is 9.59 Å². The number of hydrogen-bond acceptors (Lipinski definition) is 2. The Hall–Kier alpha value is -2.40. The summed E-state index contributed by atoms with van der Waals surface area (Å²) in [5.41, 5.74) is 1.44. The Bertz CT molecular complexity index is 643. The van der Waals surface area contributed by atoms with Crippen molar-refractivity contribution in [3.8, 4) is 0 Å². The van der Waals surface area contributed by atoms with Crippen molar-refractivity contribution >= 4 is 39.6 Å². The summed E-state index contributed by atoms with van der Waals surface area (Å²) in [6, 6.07) is 18.1. The van der Waals surface area contributed by atoms with Crippen LogP contribution in [0, 0.1) is 0 Å². The number of amides is 1. The third kappa shape index (κ3) is 11.8. The number of aliphatic carboxylic acids is 1. The maximum Gasteiger partial charge on any atom is 0.323 e. The van der Waals surface area contributed by atoms with E-state index >= 15 is 0 Å². The van der Waals surface area contributed by atoms with Crippen molar-refractivity contribution in [3.05, 3.63) is 72.3 Å². The van der Waals surface area contributed by atoms with E-state index in [4.69, 9.17) is 5.11 Å². The predicted molar refractivity (Wildman–Crippen MR) is 119 cm³/mol. The lowest BCUT2D eigenvalue weighted by Crippen LogP contribution is -2.34. The van der Waals surface area contributed by atoms with Gasteiger partial charge in [-0.15, -0.1) is 0 Å². The minimum absolute atomic E-state index is 0.368. The number of hydrogen-bond donors (Lipinski definition) is 1. The molecule has 148 valence electrons. The van der Waals surface area contributed by atoms with Crippen LogP contribution in [-0.4, -0.2) is 29.4 Å². The van der Waals surface area contributed by atoms with Gasteiger partial charge in [0, 0.05) is 11.8 Å². The number of alkyl halides is 1. The van der Waals surface area contributed by atoms with Crippen LogP contribution in [0.1, 0.15) is 33.3 Å². The van der Waals surface area contributed by atoms with E-state index in [1.807, 2.05) is 69.9 Å². The van der Waals surface area contributed by atoms with Gasteiger partial charge in [-0.1, -0.05) is 92.2 Å². The number of carbonyl (C=O) groups is 2. The Morgan fingerprint density at radius 1 is 0.889 bits per heavy atom. The molecule has 0 aliphatic rings. The van der Waals surface area contributed by atoms with Gasteiger partial charge in [-0.05, 0) is 29.6 Å². The quantitative estimate of drug-likeness (QED) is 0.470. The first-order valence-electron chi connectivity index (χ1n) is 8.86. The van der Waals surface area contributed by atoms with E-state index in [0.29, 0.717) is 5.69 Å². The zero-order valence-corrected chi connectivity index (χ0v) is 18.3. The fraction of sp³-hybridized carbons (Fsp3) is 0.273. The number of para-hydroxylation sites is 1. The third-order valence-electron chi connectivity index (χ3n) is 2.85. The Balaban J connectivity index is 0. The van der Waals surface area contributed by atoms with Crippen molar-refractivity contribution < 1.29 is 14.7 Å². The molecule has 0 aromatic heterocycles. The summed E-state index contributed by atoms with van der Waals surface area (Å²) < 4.78 is 0. The second-order valence-electron chi connectivity index (χ2n) is 4.40. The van der Waals surface area contributed by atoms with Gasteiger partial charge in [0.1, 0.15) is 6.54 Å². The van der Waals surface area contributed by atoms with Gasteiger partial charge in [0.25, 0.3) is 5.91 Å². The Morgan fingerprint density at radius 3 is 1.78 bits per heavy atom.